The predicted molar refractivity (Wildman–Crippen MR) is 128 cm³/mol. The molecule has 172 valence electrons. The number of carbonyl (C=O) groups is 1. The van der Waals surface area contributed by atoms with Crippen LogP contribution in [0.2, 0.25) is 0 Å². The number of esters is 1. The van der Waals surface area contributed by atoms with Crippen molar-refractivity contribution >= 4 is 12.0 Å². The average Bonchev–Trinajstić information content (AvgIpc) is 2.94. The molecule has 1 spiro atoms. The van der Waals surface area contributed by atoms with Gasteiger partial charge in [-0.25, -0.2) is 4.79 Å². The molecule has 0 aromatic heterocycles. The highest BCUT2D eigenvalue weighted by molar-refractivity contribution is 5.87. The van der Waals surface area contributed by atoms with Crippen molar-refractivity contribution in [3.63, 3.8) is 0 Å². The van der Waals surface area contributed by atoms with Crippen LogP contribution in [0.4, 0.5) is 0 Å². The van der Waals surface area contributed by atoms with Gasteiger partial charge in [-0.15, -0.1) is 0 Å². The van der Waals surface area contributed by atoms with Crippen molar-refractivity contribution in [2.45, 2.75) is 77.2 Å². The average molecular weight is 435 g/mol. The van der Waals surface area contributed by atoms with E-state index in [1.54, 1.807) is 6.08 Å². The van der Waals surface area contributed by atoms with Crippen molar-refractivity contribution in [1.82, 2.24) is 0 Å². The largest absolute Gasteiger partial charge is 0.462 e. The predicted octanol–water partition coefficient (Wildman–Crippen LogP) is 6.33. The Labute approximate surface area is 192 Å². The molecule has 1 aromatic carbocycles. The standard InChI is InChI=1S/C29H38O3/c1-21-18-28-16-12-23-26(2,20-32-25(30)11-10-22-8-5-4-6-9-22)14-7-15-27(23,3)24(28)13-17-29(21,31)19-28/h4-6,8-11,23-24,31H,1,7,12-20H2,2-3H3/b11-10+/t23-,24+,26-,27-,28-,29+/m0/s1. The quantitative estimate of drug-likeness (QED) is 0.342. The van der Waals surface area contributed by atoms with Gasteiger partial charge in [0.1, 0.15) is 0 Å². The molecule has 4 aliphatic rings. The van der Waals surface area contributed by atoms with E-state index < -0.39 is 5.60 Å². The molecule has 0 heterocycles. The van der Waals surface area contributed by atoms with Crippen LogP contribution in [0.3, 0.4) is 0 Å². The molecule has 4 saturated carbocycles. The second-order valence-electron chi connectivity index (χ2n) is 11.9. The summed E-state index contributed by atoms with van der Waals surface area (Å²) in [5.74, 6) is 0.955. The van der Waals surface area contributed by atoms with E-state index in [1.807, 2.05) is 36.4 Å². The summed E-state index contributed by atoms with van der Waals surface area (Å²) in [4.78, 5) is 12.5. The summed E-state index contributed by atoms with van der Waals surface area (Å²) >= 11 is 0. The van der Waals surface area contributed by atoms with Crippen molar-refractivity contribution in [3.8, 4) is 0 Å². The molecule has 6 atom stereocenters. The van der Waals surface area contributed by atoms with Gasteiger partial charge in [0.15, 0.2) is 0 Å². The van der Waals surface area contributed by atoms with Crippen molar-refractivity contribution in [2.75, 3.05) is 6.61 Å². The van der Waals surface area contributed by atoms with Crippen LogP contribution in [-0.2, 0) is 9.53 Å². The van der Waals surface area contributed by atoms with Gasteiger partial charge >= 0.3 is 5.97 Å². The van der Waals surface area contributed by atoms with Crippen LogP contribution in [0.1, 0.15) is 77.2 Å². The summed E-state index contributed by atoms with van der Waals surface area (Å²) in [5, 5.41) is 11.1. The first kappa shape index (κ1) is 21.9. The summed E-state index contributed by atoms with van der Waals surface area (Å²) in [6, 6.07) is 9.88. The van der Waals surface area contributed by atoms with Gasteiger partial charge in [-0.05, 0) is 91.2 Å². The summed E-state index contributed by atoms with van der Waals surface area (Å²) in [7, 11) is 0. The van der Waals surface area contributed by atoms with Crippen LogP contribution >= 0.6 is 0 Å². The van der Waals surface area contributed by atoms with Crippen LogP contribution in [0.15, 0.2) is 48.6 Å². The number of hydrogen-bond acceptors (Lipinski definition) is 3. The number of aliphatic hydroxyl groups is 1. The van der Waals surface area contributed by atoms with Gasteiger partial charge in [0, 0.05) is 11.5 Å². The normalized spacial score (nSPS) is 43.0. The zero-order valence-electron chi connectivity index (χ0n) is 19.7. The molecule has 1 aromatic rings. The Bertz CT molecular complexity index is 935. The lowest BCUT2D eigenvalue weighted by Gasteiger charge is -2.64. The molecule has 3 nitrogen and oxygen atoms in total. The van der Waals surface area contributed by atoms with Crippen molar-refractivity contribution in [1.29, 1.82) is 0 Å². The Hall–Kier alpha value is -1.87. The molecular formula is C29H38O3. The maximum Gasteiger partial charge on any atom is 0.330 e. The van der Waals surface area contributed by atoms with E-state index in [0.717, 1.165) is 43.2 Å². The third-order valence-electron chi connectivity index (χ3n) is 10.0. The molecule has 0 radical (unpaired) electrons. The SMILES string of the molecule is C=C1C[C@]23CC[C@H]4[C@](C)(COC(=O)/C=C/c5ccccc5)CCC[C@]4(C)[C@H]2CC[C@@]1(O)C3. The third-order valence-corrected chi connectivity index (χ3v) is 10.0. The van der Waals surface area contributed by atoms with E-state index in [1.165, 1.54) is 25.7 Å². The molecule has 2 bridgehead atoms. The molecule has 4 fully saturated rings. The fourth-order valence-corrected chi connectivity index (χ4v) is 8.67. The van der Waals surface area contributed by atoms with Gasteiger partial charge in [0.25, 0.3) is 0 Å². The summed E-state index contributed by atoms with van der Waals surface area (Å²) in [5.41, 5.74) is 1.99. The van der Waals surface area contributed by atoms with E-state index >= 15 is 0 Å². The number of fused-ring (bicyclic) bond motifs is 3. The Morgan fingerprint density at radius 2 is 1.88 bits per heavy atom. The smallest absolute Gasteiger partial charge is 0.330 e. The van der Waals surface area contributed by atoms with E-state index in [2.05, 4.69) is 20.4 Å². The van der Waals surface area contributed by atoms with Gasteiger partial charge < -0.3 is 9.84 Å². The summed E-state index contributed by atoms with van der Waals surface area (Å²) < 4.78 is 5.85. The third kappa shape index (κ3) is 3.39. The zero-order chi connectivity index (χ0) is 22.6. The summed E-state index contributed by atoms with van der Waals surface area (Å²) in [6.07, 6.45) is 13.2. The van der Waals surface area contributed by atoms with Crippen LogP contribution in [0.25, 0.3) is 6.08 Å². The maximum atomic E-state index is 12.5. The minimum atomic E-state index is -0.613. The molecule has 0 amide bonds. The molecular weight excluding hydrogens is 396 g/mol. The Balaban J connectivity index is 1.31. The number of ether oxygens (including phenoxy) is 1. The van der Waals surface area contributed by atoms with Gasteiger partial charge in [0.05, 0.1) is 12.2 Å². The molecule has 0 unspecified atom stereocenters. The van der Waals surface area contributed by atoms with Crippen LogP contribution < -0.4 is 0 Å². The second-order valence-corrected chi connectivity index (χ2v) is 11.9. The lowest BCUT2D eigenvalue weighted by atomic mass is 9.41. The number of carbonyl (C=O) groups excluding carboxylic acids is 1. The molecule has 1 N–H and O–H groups in total. The van der Waals surface area contributed by atoms with E-state index in [9.17, 15) is 9.90 Å². The fraction of sp³-hybridized carbons (Fsp3) is 0.621. The Kier molecular flexibility index (Phi) is 5.20. The first-order valence-electron chi connectivity index (χ1n) is 12.5. The fourth-order valence-electron chi connectivity index (χ4n) is 8.67. The highest BCUT2D eigenvalue weighted by Crippen LogP contribution is 2.72. The van der Waals surface area contributed by atoms with Gasteiger partial charge in [-0.3, -0.25) is 0 Å². The van der Waals surface area contributed by atoms with Gasteiger partial charge in [0.2, 0.25) is 0 Å². The van der Waals surface area contributed by atoms with E-state index in [4.69, 9.17) is 4.74 Å². The van der Waals surface area contributed by atoms with Crippen LogP contribution in [0.5, 0.6) is 0 Å². The lowest BCUT2D eigenvalue weighted by Crippen LogP contribution is -2.58. The van der Waals surface area contributed by atoms with Crippen molar-refractivity contribution in [2.24, 2.45) is 28.1 Å². The first-order chi connectivity index (χ1) is 15.2. The highest BCUT2D eigenvalue weighted by atomic mass is 16.5. The minimum Gasteiger partial charge on any atom is -0.462 e. The number of rotatable bonds is 4. The molecule has 4 aliphatic carbocycles. The Morgan fingerprint density at radius 1 is 1.12 bits per heavy atom. The lowest BCUT2D eigenvalue weighted by molar-refractivity contribution is -0.179. The number of benzene rings is 1. The van der Waals surface area contributed by atoms with Gasteiger partial charge in [-0.2, -0.15) is 0 Å². The van der Waals surface area contributed by atoms with E-state index in [-0.39, 0.29) is 22.2 Å². The monoisotopic (exact) mass is 434 g/mol. The molecule has 5 rings (SSSR count). The maximum absolute atomic E-state index is 12.5. The zero-order valence-corrected chi connectivity index (χ0v) is 19.7. The Morgan fingerprint density at radius 3 is 2.66 bits per heavy atom. The molecule has 0 aliphatic heterocycles. The van der Waals surface area contributed by atoms with Crippen LogP contribution in [-0.4, -0.2) is 23.3 Å². The summed E-state index contributed by atoms with van der Waals surface area (Å²) in [6.45, 7) is 9.66. The molecule has 3 heteroatoms. The second kappa shape index (κ2) is 7.58. The minimum absolute atomic E-state index is 0.0220. The van der Waals surface area contributed by atoms with Crippen molar-refractivity contribution < 1.29 is 14.6 Å². The highest BCUT2D eigenvalue weighted by Gasteiger charge is 2.66. The molecule has 32 heavy (non-hydrogen) atoms. The van der Waals surface area contributed by atoms with Gasteiger partial charge in [-0.1, -0.05) is 57.2 Å². The first-order valence-corrected chi connectivity index (χ1v) is 12.5. The molecule has 0 saturated heterocycles. The van der Waals surface area contributed by atoms with E-state index in [0.29, 0.717) is 18.4 Å². The number of hydrogen-bond donors (Lipinski definition) is 1. The topological polar surface area (TPSA) is 46.5 Å². The van der Waals surface area contributed by atoms with Crippen LogP contribution in [0, 0.1) is 28.1 Å². The van der Waals surface area contributed by atoms with Crippen molar-refractivity contribution in [3.05, 3.63) is 54.1 Å².